The zero-order valence-electron chi connectivity index (χ0n) is 14.0. The first kappa shape index (κ1) is 17.9. The number of nitrogens with zero attached hydrogens (tertiary/aromatic N) is 1. The Morgan fingerprint density at radius 2 is 2.13 bits per heavy atom. The van der Waals surface area contributed by atoms with E-state index in [0.717, 1.165) is 31.8 Å². The molecule has 128 valence electrons. The van der Waals surface area contributed by atoms with Gasteiger partial charge in [0.25, 0.3) is 0 Å². The van der Waals surface area contributed by atoms with Crippen molar-refractivity contribution in [3.63, 3.8) is 0 Å². The summed E-state index contributed by atoms with van der Waals surface area (Å²) >= 11 is 0. The molecular weight excluding hydrogens is 295 g/mol. The summed E-state index contributed by atoms with van der Waals surface area (Å²) in [5, 5.41) is 12.9. The van der Waals surface area contributed by atoms with Crippen molar-refractivity contribution in [2.45, 2.75) is 38.7 Å². The minimum absolute atomic E-state index is 0.193. The van der Waals surface area contributed by atoms with Crippen LogP contribution in [-0.4, -0.2) is 48.2 Å². The highest BCUT2D eigenvalue weighted by Gasteiger charge is 2.20. The van der Waals surface area contributed by atoms with Gasteiger partial charge in [0, 0.05) is 13.1 Å². The third-order valence-electron chi connectivity index (χ3n) is 4.60. The topological polar surface area (TPSA) is 52.6 Å². The van der Waals surface area contributed by atoms with Crippen molar-refractivity contribution in [3.05, 3.63) is 35.6 Å². The maximum atomic E-state index is 13.2. The Labute approximate surface area is 137 Å². The highest BCUT2D eigenvalue weighted by molar-refractivity contribution is 5.83. The predicted octanol–water partition coefficient (Wildman–Crippen LogP) is 2.14. The molecule has 1 aliphatic rings. The predicted molar refractivity (Wildman–Crippen MR) is 88.7 cm³/mol. The smallest absolute Gasteiger partial charge is 0.227 e. The van der Waals surface area contributed by atoms with Crippen molar-refractivity contribution in [3.8, 4) is 0 Å². The Morgan fingerprint density at radius 3 is 2.78 bits per heavy atom. The quantitative estimate of drug-likeness (QED) is 0.844. The van der Waals surface area contributed by atoms with Crippen molar-refractivity contribution >= 4 is 5.91 Å². The van der Waals surface area contributed by atoms with Crippen LogP contribution in [0, 0.1) is 11.7 Å². The molecule has 2 N–H and O–H groups in total. The zero-order valence-corrected chi connectivity index (χ0v) is 14.0. The molecule has 0 aliphatic carbocycles. The van der Waals surface area contributed by atoms with Crippen molar-refractivity contribution in [1.29, 1.82) is 0 Å². The van der Waals surface area contributed by atoms with Crippen LogP contribution in [0.3, 0.4) is 0 Å². The lowest BCUT2D eigenvalue weighted by Gasteiger charge is -2.31. The minimum atomic E-state index is -0.577. The molecule has 1 heterocycles. The summed E-state index contributed by atoms with van der Waals surface area (Å²) in [6, 6.07) is 6.06. The third-order valence-corrected chi connectivity index (χ3v) is 4.60. The number of aliphatic hydroxyl groups is 1. The number of rotatable bonds is 6. The van der Waals surface area contributed by atoms with E-state index < -0.39 is 12.0 Å². The SMILES string of the molecule is CC1CCN(CC(O)CNC(=O)C(C)c2cccc(F)c2)CC1. The Balaban J connectivity index is 1.75. The number of β-amino-alcohol motifs (C(OH)–C–C–N with tert-alkyl or cyclic N) is 1. The molecule has 0 saturated carbocycles. The average Bonchev–Trinajstić information content (AvgIpc) is 2.54. The van der Waals surface area contributed by atoms with Crippen LogP contribution in [0.25, 0.3) is 0 Å². The fourth-order valence-corrected chi connectivity index (χ4v) is 2.91. The largest absolute Gasteiger partial charge is 0.390 e. The van der Waals surface area contributed by atoms with Crippen LogP contribution in [-0.2, 0) is 4.79 Å². The minimum Gasteiger partial charge on any atom is -0.390 e. The molecule has 0 spiro atoms. The molecule has 2 atom stereocenters. The van der Waals surface area contributed by atoms with Crippen LogP contribution in [0.4, 0.5) is 4.39 Å². The van der Waals surface area contributed by atoms with Gasteiger partial charge in [-0.1, -0.05) is 19.1 Å². The lowest BCUT2D eigenvalue weighted by molar-refractivity contribution is -0.122. The molecule has 4 nitrogen and oxygen atoms in total. The second-order valence-electron chi connectivity index (χ2n) is 6.66. The van der Waals surface area contributed by atoms with Crippen LogP contribution >= 0.6 is 0 Å². The van der Waals surface area contributed by atoms with Gasteiger partial charge in [-0.15, -0.1) is 0 Å². The van der Waals surface area contributed by atoms with Crippen molar-refractivity contribution in [2.75, 3.05) is 26.2 Å². The number of piperidine rings is 1. The molecule has 23 heavy (non-hydrogen) atoms. The Hall–Kier alpha value is -1.46. The number of likely N-dealkylation sites (tertiary alicyclic amines) is 1. The number of carbonyl (C=O) groups excluding carboxylic acids is 1. The van der Waals surface area contributed by atoms with E-state index in [4.69, 9.17) is 0 Å². The van der Waals surface area contributed by atoms with Gasteiger partial charge in [-0.25, -0.2) is 4.39 Å². The Morgan fingerprint density at radius 1 is 1.43 bits per heavy atom. The molecule has 1 saturated heterocycles. The first-order valence-electron chi connectivity index (χ1n) is 8.39. The molecule has 0 radical (unpaired) electrons. The fourth-order valence-electron chi connectivity index (χ4n) is 2.91. The van der Waals surface area contributed by atoms with Crippen molar-refractivity contribution < 1.29 is 14.3 Å². The molecule has 0 bridgehead atoms. The van der Waals surface area contributed by atoms with Crippen LogP contribution in [0.1, 0.15) is 38.2 Å². The van der Waals surface area contributed by atoms with Gasteiger partial charge in [-0.2, -0.15) is 0 Å². The summed E-state index contributed by atoms with van der Waals surface area (Å²) in [5.74, 6) is -0.215. The Kier molecular flexibility index (Phi) is 6.54. The summed E-state index contributed by atoms with van der Waals surface area (Å²) in [4.78, 5) is 14.4. The van der Waals surface area contributed by atoms with E-state index in [0.29, 0.717) is 12.1 Å². The van der Waals surface area contributed by atoms with E-state index in [1.54, 1.807) is 19.1 Å². The molecule has 2 unspecified atom stereocenters. The first-order valence-corrected chi connectivity index (χ1v) is 8.39. The number of benzene rings is 1. The van der Waals surface area contributed by atoms with E-state index in [1.165, 1.54) is 12.1 Å². The van der Waals surface area contributed by atoms with E-state index in [9.17, 15) is 14.3 Å². The highest BCUT2D eigenvalue weighted by Crippen LogP contribution is 2.17. The standard InChI is InChI=1S/C18H27FN2O2/c1-13-6-8-21(9-7-13)12-17(22)11-20-18(23)14(2)15-4-3-5-16(19)10-15/h3-5,10,13-14,17,22H,6-9,11-12H2,1-2H3,(H,20,23). The number of halogens is 1. The molecule has 1 amide bonds. The molecule has 1 fully saturated rings. The Bertz CT molecular complexity index is 515. The van der Waals surface area contributed by atoms with Crippen molar-refractivity contribution in [1.82, 2.24) is 10.2 Å². The summed E-state index contributed by atoms with van der Waals surface area (Å²) < 4.78 is 13.2. The highest BCUT2D eigenvalue weighted by atomic mass is 19.1. The van der Waals surface area contributed by atoms with Gasteiger partial charge >= 0.3 is 0 Å². The van der Waals surface area contributed by atoms with Gasteiger partial charge in [-0.3, -0.25) is 4.79 Å². The molecule has 1 aliphatic heterocycles. The lowest BCUT2D eigenvalue weighted by Crippen LogP contribution is -2.43. The molecule has 0 aromatic heterocycles. The van der Waals surface area contributed by atoms with E-state index >= 15 is 0 Å². The zero-order chi connectivity index (χ0) is 16.8. The average molecular weight is 322 g/mol. The summed E-state index contributed by atoms with van der Waals surface area (Å²) in [7, 11) is 0. The number of carbonyl (C=O) groups is 1. The monoisotopic (exact) mass is 322 g/mol. The van der Waals surface area contributed by atoms with E-state index in [-0.39, 0.29) is 18.3 Å². The van der Waals surface area contributed by atoms with Gasteiger partial charge in [0.05, 0.1) is 12.0 Å². The number of hydrogen-bond donors (Lipinski definition) is 2. The molecule has 5 heteroatoms. The lowest BCUT2D eigenvalue weighted by atomic mass is 9.99. The summed E-state index contributed by atoms with van der Waals surface area (Å²) in [5.41, 5.74) is 0.641. The van der Waals surface area contributed by atoms with Gasteiger partial charge in [0.2, 0.25) is 5.91 Å². The number of nitrogens with one attached hydrogen (secondary N) is 1. The molecule has 1 aromatic rings. The normalized spacial score (nSPS) is 19.3. The van der Waals surface area contributed by atoms with Gasteiger partial charge in [-0.05, 0) is 56.5 Å². The van der Waals surface area contributed by atoms with E-state index in [2.05, 4.69) is 17.1 Å². The van der Waals surface area contributed by atoms with Gasteiger partial charge in [0.1, 0.15) is 5.82 Å². The van der Waals surface area contributed by atoms with Crippen LogP contribution in [0.2, 0.25) is 0 Å². The van der Waals surface area contributed by atoms with Crippen LogP contribution in [0.15, 0.2) is 24.3 Å². The molecule has 2 rings (SSSR count). The van der Waals surface area contributed by atoms with Crippen LogP contribution < -0.4 is 5.32 Å². The number of aliphatic hydroxyl groups excluding tert-OH is 1. The molecule has 1 aromatic carbocycles. The summed E-state index contributed by atoms with van der Waals surface area (Å²) in [6.07, 6.45) is 1.75. The second kappa shape index (κ2) is 8.41. The first-order chi connectivity index (χ1) is 11.0. The number of hydrogen-bond acceptors (Lipinski definition) is 3. The summed E-state index contributed by atoms with van der Waals surface area (Å²) in [6.45, 7) is 6.81. The third kappa shape index (κ3) is 5.59. The van der Waals surface area contributed by atoms with Gasteiger partial charge < -0.3 is 15.3 Å². The van der Waals surface area contributed by atoms with Gasteiger partial charge in [0.15, 0.2) is 0 Å². The number of amides is 1. The fraction of sp³-hybridized carbons (Fsp3) is 0.611. The maximum absolute atomic E-state index is 13.2. The van der Waals surface area contributed by atoms with Crippen molar-refractivity contribution in [2.24, 2.45) is 5.92 Å². The second-order valence-corrected chi connectivity index (χ2v) is 6.66. The van der Waals surface area contributed by atoms with E-state index in [1.807, 2.05) is 0 Å². The van der Waals surface area contributed by atoms with Crippen LogP contribution in [0.5, 0.6) is 0 Å². The molecular formula is C18H27FN2O2. The maximum Gasteiger partial charge on any atom is 0.227 e.